The smallest absolute Gasteiger partial charge is 0.276 e. The summed E-state index contributed by atoms with van der Waals surface area (Å²) in [5.41, 5.74) is 2.88. The number of nitrogens with one attached hydrogen (secondary N) is 1. The third kappa shape index (κ3) is 3.06. The van der Waals surface area contributed by atoms with Crippen molar-refractivity contribution in [3.05, 3.63) is 46.3 Å². The predicted molar refractivity (Wildman–Crippen MR) is 118 cm³/mol. The van der Waals surface area contributed by atoms with Gasteiger partial charge in [0.1, 0.15) is 23.7 Å². The first-order valence-corrected chi connectivity index (χ1v) is 11.7. The number of nitrogens with zero attached hydrogens (tertiary/aromatic N) is 6. The Morgan fingerprint density at radius 3 is 3.00 bits per heavy atom. The maximum Gasteiger partial charge on any atom is 0.276 e. The van der Waals surface area contributed by atoms with E-state index >= 15 is 0 Å². The van der Waals surface area contributed by atoms with E-state index in [-0.39, 0.29) is 0 Å². The van der Waals surface area contributed by atoms with Gasteiger partial charge >= 0.3 is 0 Å². The van der Waals surface area contributed by atoms with Crippen LogP contribution >= 0.6 is 11.3 Å². The number of thiophene rings is 1. The number of piperidine rings is 1. The zero-order chi connectivity index (χ0) is 20.1. The topological polar surface area (TPSA) is 63.7 Å². The standard InChI is InChI=1S/C22H25N7S/c1-15-6-5-10-28(12-15)20-19-17-9-11-27(13-16-7-3-2-4-8-16)14-18(17)30-21(19)29-22(23-20)24-25-26-29/h2-4,7-8,15H,5-6,9-14H2,1H3/p+1/t15-/m0/s1. The number of fused-ring (bicyclic) bond motifs is 5. The molecule has 5 heterocycles. The fraction of sp³-hybridized carbons (Fsp3) is 0.455. The van der Waals surface area contributed by atoms with Crippen LogP contribution < -0.4 is 9.80 Å². The zero-order valence-corrected chi connectivity index (χ0v) is 18.0. The summed E-state index contributed by atoms with van der Waals surface area (Å²) in [4.78, 5) is 11.7. The maximum atomic E-state index is 4.94. The first kappa shape index (κ1) is 18.2. The van der Waals surface area contributed by atoms with Crippen molar-refractivity contribution in [2.45, 2.75) is 39.3 Å². The molecule has 1 N–H and O–H groups in total. The maximum absolute atomic E-state index is 4.94. The normalized spacial score (nSPS) is 22.0. The summed E-state index contributed by atoms with van der Waals surface area (Å²) in [5, 5.41) is 13.6. The summed E-state index contributed by atoms with van der Waals surface area (Å²) >= 11 is 1.86. The van der Waals surface area contributed by atoms with E-state index in [1.807, 2.05) is 15.9 Å². The van der Waals surface area contributed by atoms with Crippen molar-refractivity contribution in [1.82, 2.24) is 25.0 Å². The summed E-state index contributed by atoms with van der Waals surface area (Å²) in [6, 6.07) is 10.8. The molecular formula is C22H26N7S+. The number of benzene rings is 1. The van der Waals surface area contributed by atoms with E-state index in [2.05, 4.69) is 57.7 Å². The minimum atomic E-state index is 0.614. The number of rotatable bonds is 3. The number of tetrazole rings is 1. The summed E-state index contributed by atoms with van der Waals surface area (Å²) < 4.78 is 1.84. The van der Waals surface area contributed by atoms with Crippen LogP contribution in [-0.2, 0) is 19.5 Å². The van der Waals surface area contributed by atoms with Gasteiger partial charge < -0.3 is 9.80 Å². The Morgan fingerprint density at radius 1 is 1.23 bits per heavy atom. The average Bonchev–Trinajstić information content (AvgIpc) is 3.38. The molecule has 154 valence electrons. The van der Waals surface area contributed by atoms with Gasteiger partial charge in [0.25, 0.3) is 5.78 Å². The van der Waals surface area contributed by atoms with Crippen molar-refractivity contribution in [2.24, 2.45) is 5.92 Å². The fourth-order valence-electron chi connectivity index (χ4n) is 5.08. The number of hydrogen-bond donors (Lipinski definition) is 1. The van der Waals surface area contributed by atoms with Crippen LogP contribution in [0.15, 0.2) is 30.3 Å². The first-order valence-electron chi connectivity index (χ1n) is 10.9. The minimum Gasteiger partial charge on any atom is -0.356 e. The predicted octanol–water partition coefficient (Wildman–Crippen LogP) is 2.11. The van der Waals surface area contributed by atoms with Gasteiger partial charge in [0.2, 0.25) is 0 Å². The number of quaternary nitrogens is 1. The van der Waals surface area contributed by atoms with Gasteiger partial charge in [0.15, 0.2) is 0 Å². The zero-order valence-electron chi connectivity index (χ0n) is 17.2. The number of aromatic nitrogens is 5. The molecular weight excluding hydrogens is 394 g/mol. The van der Waals surface area contributed by atoms with E-state index in [1.165, 1.54) is 34.2 Å². The quantitative estimate of drug-likeness (QED) is 0.550. The molecule has 2 aliphatic heterocycles. The van der Waals surface area contributed by atoms with E-state index in [4.69, 9.17) is 4.98 Å². The summed E-state index contributed by atoms with van der Waals surface area (Å²) in [6.07, 6.45) is 3.61. The highest BCUT2D eigenvalue weighted by atomic mass is 32.1. The highest BCUT2D eigenvalue weighted by Crippen LogP contribution is 2.38. The molecule has 0 radical (unpaired) electrons. The van der Waals surface area contributed by atoms with Gasteiger partial charge in [-0.3, -0.25) is 0 Å². The third-order valence-corrected chi connectivity index (χ3v) is 7.75. The minimum absolute atomic E-state index is 0.614. The van der Waals surface area contributed by atoms with Crippen LogP contribution in [0.4, 0.5) is 5.82 Å². The third-order valence-electron chi connectivity index (χ3n) is 6.54. The largest absolute Gasteiger partial charge is 0.356 e. The van der Waals surface area contributed by atoms with Crippen molar-refractivity contribution >= 4 is 33.1 Å². The summed E-state index contributed by atoms with van der Waals surface area (Å²) in [7, 11) is 0. The van der Waals surface area contributed by atoms with Crippen LogP contribution in [0.5, 0.6) is 0 Å². The highest BCUT2D eigenvalue weighted by Gasteiger charge is 2.30. The number of anilines is 1. The van der Waals surface area contributed by atoms with Gasteiger partial charge in [-0.15, -0.1) is 11.3 Å². The van der Waals surface area contributed by atoms with Gasteiger partial charge in [-0.25, -0.2) is 0 Å². The average molecular weight is 421 g/mol. The Balaban J connectivity index is 1.42. The lowest BCUT2D eigenvalue weighted by Gasteiger charge is -2.32. The van der Waals surface area contributed by atoms with E-state index in [1.54, 1.807) is 4.90 Å². The Kier molecular flexibility index (Phi) is 4.42. The molecule has 3 aromatic heterocycles. The second kappa shape index (κ2) is 7.28. The first-order chi connectivity index (χ1) is 14.8. The molecule has 8 heteroatoms. The Bertz CT molecular complexity index is 1200. The van der Waals surface area contributed by atoms with Crippen molar-refractivity contribution in [1.29, 1.82) is 0 Å². The monoisotopic (exact) mass is 420 g/mol. The lowest BCUT2D eigenvalue weighted by molar-refractivity contribution is -0.929. The van der Waals surface area contributed by atoms with Crippen molar-refractivity contribution in [2.75, 3.05) is 24.5 Å². The molecule has 30 heavy (non-hydrogen) atoms. The molecule has 4 aromatic rings. The molecule has 0 aliphatic carbocycles. The molecule has 0 bridgehead atoms. The fourth-order valence-corrected chi connectivity index (χ4v) is 6.44. The molecule has 0 spiro atoms. The Hall–Kier alpha value is -2.58. The highest BCUT2D eigenvalue weighted by molar-refractivity contribution is 7.19. The van der Waals surface area contributed by atoms with Gasteiger partial charge in [-0.2, -0.15) is 9.50 Å². The molecule has 1 saturated heterocycles. The molecule has 6 rings (SSSR count). The van der Waals surface area contributed by atoms with E-state index in [0.29, 0.717) is 11.7 Å². The Labute approximate surface area is 179 Å². The molecule has 2 aliphatic rings. The number of hydrogen-bond acceptors (Lipinski definition) is 6. The SMILES string of the molecule is C[C@H]1CCCN(c2nc3nnnn3c3sc4c(c23)CC[NH+](Cc2ccccc2)C4)C1. The van der Waals surface area contributed by atoms with Gasteiger partial charge in [0, 0.05) is 25.1 Å². The Morgan fingerprint density at radius 2 is 2.13 bits per heavy atom. The van der Waals surface area contributed by atoms with E-state index in [0.717, 1.165) is 49.8 Å². The van der Waals surface area contributed by atoms with Gasteiger partial charge in [-0.1, -0.05) is 42.4 Å². The van der Waals surface area contributed by atoms with Crippen molar-refractivity contribution in [3.8, 4) is 0 Å². The van der Waals surface area contributed by atoms with E-state index < -0.39 is 0 Å². The van der Waals surface area contributed by atoms with E-state index in [9.17, 15) is 0 Å². The van der Waals surface area contributed by atoms with Gasteiger partial charge in [0.05, 0.1) is 16.8 Å². The van der Waals surface area contributed by atoms with Crippen LogP contribution in [0.25, 0.3) is 16.0 Å². The molecule has 1 aromatic carbocycles. The van der Waals surface area contributed by atoms with Crippen molar-refractivity contribution < 1.29 is 4.90 Å². The lowest BCUT2D eigenvalue weighted by Crippen LogP contribution is -3.10. The molecule has 1 fully saturated rings. The van der Waals surface area contributed by atoms with Crippen LogP contribution in [0.1, 0.15) is 35.8 Å². The van der Waals surface area contributed by atoms with Crippen molar-refractivity contribution in [3.63, 3.8) is 0 Å². The summed E-state index contributed by atoms with van der Waals surface area (Å²) in [5.74, 6) is 2.41. The molecule has 2 atom stereocenters. The van der Waals surface area contributed by atoms with Gasteiger partial charge in [-0.05, 0) is 34.7 Å². The molecule has 7 nitrogen and oxygen atoms in total. The second-order valence-electron chi connectivity index (χ2n) is 8.79. The molecule has 0 saturated carbocycles. The second-order valence-corrected chi connectivity index (χ2v) is 9.88. The summed E-state index contributed by atoms with van der Waals surface area (Å²) in [6.45, 7) is 7.76. The van der Waals surface area contributed by atoms with Crippen LogP contribution in [0, 0.1) is 5.92 Å². The molecule has 1 unspecified atom stereocenters. The van der Waals surface area contributed by atoms with Crippen LogP contribution in [0.3, 0.4) is 0 Å². The van der Waals surface area contributed by atoms with Crippen LogP contribution in [-0.4, -0.2) is 44.7 Å². The molecule has 0 amide bonds. The van der Waals surface area contributed by atoms with Crippen LogP contribution in [0.2, 0.25) is 0 Å². The lowest BCUT2D eigenvalue weighted by atomic mass is 9.99.